The Balaban J connectivity index is 1.63. The number of halogens is 1. The second-order valence-corrected chi connectivity index (χ2v) is 8.64. The lowest BCUT2D eigenvalue weighted by Crippen LogP contribution is -2.24. The number of carbonyl (C=O) groups excluding carboxylic acids is 1. The quantitative estimate of drug-likeness (QED) is 0.545. The fraction of sp³-hybridized carbons (Fsp3) is 0.381. The molecular formula is C21H23FO5S. The molecule has 1 saturated carbocycles. The minimum absolute atomic E-state index is 0.0337. The van der Waals surface area contributed by atoms with Crippen LogP contribution in [-0.2, 0) is 19.0 Å². The van der Waals surface area contributed by atoms with Crippen LogP contribution in [0.1, 0.15) is 53.1 Å². The van der Waals surface area contributed by atoms with Crippen molar-refractivity contribution in [1.29, 1.82) is 0 Å². The van der Waals surface area contributed by atoms with Crippen molar-refractivity contribution in [1.82, 2.24) is 0 Å². The van der Waals surface area contributed by atoms with E-state index in [2.05, 4.69) is 4.74 Å². The maximum absolute atomic E-state index is 14.4. The van der Waals surface area contributed by atoms with Crippen LogP contribution in [0.3, 0.4) is 0 Å². The van der Waals surface area contributed by atoms with E-state index in [1.54, 1.807) is 24.3 Å². The molecule has 0 N–H and O–H groups in total. The lowest BCUT2D eigenvalue weighted by molar-refractivity contribution is 0.0600. The van der Waals surface area contributed by atoms with Crippen LogP contribution in [0.5, 0.6) is 0 Å². The fourth-order valence-electron chi connectivity index (χ4n) is 3.51. The zero-order valence-electron chi connectivity index (χ0n) is 15.9. The molecular weight excluding hydrogens is 383 g/mol. The Morgan fingerprint density at radius 2 is 1.68 bits per heavy atom. The first kappa shape index (κ1) is 20.5. The maximum atomic E-state index is 14.4. The monoisotopic (exact) mass is 406 g/mol. The molecule has 1 fully saturated rings. The summed E-state index contributed by atoms with van der Waals surface area (Å²) in [4.78, 5) is 11.6. The van der Waals surface area contributed by atoms with E-state index in [9.17, 15) is 17.6 Å². The molecule has 0 atom stereocenters. The Morgan fingerprint density at radius 1 is 1.04 bits per heavy atom. The fourth-order valence-corrected chi connectivity index (χ4v) is 4.64. The molecule has 0 unspecified atom stereocenters. The number of hydrogen-bond acceptors (Lipinski definition) is 5. The summed E-state index contributed by atoms with van der Waals surface area (Å²) in [6.07, 6.45) is 1.85. The molecule has 5 nitrogen and oxygen atoms in total. The van der Waals surface area contributed by atoms with Crippen molar-refractivity contribution in [2.75, 3.05) is 7.11 Å². The van der Waals surface area contributed by atoms with Crippen molar-refractivity contribution in [3.63, 3.8) is 0 Å². The lowest BCUT2D eigenvalue weighted by Gasteiger charge is -2.28. The smallest absolute Gasteiger partial charge is 0.337 e. The summed E-state index contributed by atoms with van der Waals surface area (Å²) in [5, 5.41) is 0. The number of benzene rings is 2. The summed E-state index contributed by atoms with van der Waals surface area (Å²) in [5.41, 5.74) is 1.68. The van der Waals surface area contributed by atoms with Crippen molar-refractivity contribution >= 4 is 16.1 Å². The number of hydrogen-bond donors (Lipinski definition) is 0. The van der Waals surface area contributed by atoms with Gasteiger partial charge >= 0.3 is 5.97 Å². The topological polar surface area (TPSA) is 69.7 Å². The molecule has 7 heteroatoms. The molecule has 0 aliphatic heterocycles. The van der Waals surface area contributed by atoms with Gasteiger partial charge in [-0.2, -0.15) is 8.42 Å². The van der Waals surface area contributed by atoms with E-state index in [-0.39, 0.29) is 16.4 Å². The van der Waals surface area contributed by atoms with Gasteiger partial charge in [-0.15, -0.1) is 0 Å². The summed E-state index contributed by atoms with van der Waals surface area (Å²) in [5.74, 6) is -1.06. The summed E-state index contributed by atoms with van der Waals surface area (Å²) in [7, 11) is -2.56. The molecule has 1 aliphatic carbocycles. The van der Waals surface area contributed by atoms with E-state index >= 15 is 0 Å². The van der Waals surface area contributed by atoms with Gasteiger partial charge in [0.25, 0.3) is 10.1 Å². The highest BCUT2D eigenvalue weighted by atomic mass is 32.2. The van der Waals surface area contributed by atoms with Crippen molar-refractivity contribution in [2.45, 2.75) is 49.5 Å². The van der Waals surface area contributed by atoms with E-state index in [1.807, 2.05) is 6.92 Å². The second kappa shape index (κ2) is 8.41. The number of ether oxygens (including phenoxy) is 1. The summed E-state index contributed by atoms with van der Waals surface area (Å²) >= 11 is 0. The van der Waals surface area contributed by atoms with Crippen LogP contribution in [0.15, 0.2) is 47.4 Å². The number of methoxy groups -OCH3 is 1. The van der Waals surface area contributed by atoms with Crippen molar-refractivity contribution in [2.24, 2.45) is 0 Å². The predicted octanol–water partition coefficient (Wildman–Crippen LogP) is 4.35. The van der Waals surface area contributed by atoms with Crippen molar-refractivity contribution in [3.05, 3.63) is 65.0 Å². The highest BCUT2D eigenvalue weighted by Gasteiger charge is 2.29. The summed E-state index contributed by atoms with van der Waals surface area (Å²) in [6, 6.07) is 10.9. The van der Waals surface area contributed by atoms with Gasteiger partial charge in [0.05, 0.1) is 23.7 Å². The van der Waals surface area contributed by atoms with Gasteiger partial charge in [0.1, 0.15) is 5.82 Å². The molecule has 0 saturated heterocycles. The molecule has 150 valence electrons. The Kier molecular flexibility index (Phi) is 6.15. The SMILES string of the molecule is COC(=O)c1ccc(C2CCC(OS(=O)(=O)c3ccc(C)cc3)CC2)c(F)c1. The Hall–Kier alpha value is -2.25. The number of esters is 1. The highest BCUT2D eigenvalue weighted by molar-refractivity contribution is 7.86. The van der Waals surface area contributed by atoms with Crippen LogP contribution in [0.25, 0.3) is 0 Å². The second-order valence-electron chi connectivity index (χ2n) is 7.06. The van der Waals surface area contributed by atoms with Gasteiger partial charge in [0.2, 0.25) is 0 Å². The molecule has 2 aromatic rings. The largest absolute Gasteiger partial charge is 0.465 e. The van der Waals surface area contributed by atoms with E-state index < -0.39 is 28.0 Å². The zero-order chi connectivity index (χ0) is 20.3. The molecule has 0 bridgehead atoms. The van der Waals surface area contributed by atoms with Crippen molar-refractivity contribution in [3.8, 4) is 0 Å². The standard InChI is InChI=1S/C21H23FO5S/c1-14-3-10-18(11-4-14)28(24,25)27-17-8-5-15(6-9-17)19-12-7-16(13-20(19)22)21(23)26-2/h3-4,7,10-13,15,17H,5-6,8-9H2,1-2H3. The van der Waals surface area contributed by atoms with Gasteiger partial charge in [0, 0.05) is 0 Å². The summed E-state index contributed by atoms with van der Waals surface area (Å²) in [6.45, 7) is 1.88. The zero-order valence-corrected chi connectivity index (χ0v) is 16.7. The average molecular weight is 406 g/mol. The first-order valence-corrected chi connectivity index (χ1v) is 10.6. The number of aryl methyl sites for hydroxylation is 1. The minimum Gasteiger partial charge on any atom is -0.465 e. The predicted molar refractivity (Wildman–Crippen MR) is 102 cm³/mol. The Morgan fingerprint density at radius 3 is 2.25 bits per heavy atom. The van der Waals surface area contributed by atoms with Gasteiger partial charge in [-0.05, 0) is 68.4 Å². The maximum Gasteiger partial charge on any atom is 0.337 e. The van der Waals surface area contributed by atoms with E-state index in [1.165, 1.54) is 25.3 Å². The van der Waals surface area contributed by atoms with Gasteiger partial charge in [0.15, 0.2) is 0 Å². The van der Waals surface area contributed by atoms with Crippen LogP contribution in [0.2, 0.25) is 0 Å². The molecule has 3 rings (SSSR count). The van der Waals surface area contributed by atoms with Gasteiger partial charge in [-0.3, -0.25) is 4.18 Å². The molecule has 0 spiro atoms. The molecule has 0 amide bonds. The first-order chi connectivity index (χ1) is 13.3. The summed E-state index contributed by atoms with van der Waals surface area (Å²) < 4.78 is 49.3. The third-order valence-corrected chi connectivity index (χ3v) is 6.48. The highest BCUT2D eigenvalue weighted by Crippen LogP contribution is 2.36. The normalized spacial score (nSPS) is 20.0. The number of rotatable bonds is 5. The van der Waals surface area contributed by atoms with Crippen LogP contribution in [-0.4, -0.2) is 27.6 Å². The molecule has 2 aromatic carbocycles. The van der Waals surface area contributed by atoms with Crippen LogP contribution >= 0.6 is 0 Å². The molecule has 0 radical (unpaired) electrons. The third kappa shape index (κ3) is 4.59. The third-order valence-electron chi connectivity index (χ3n) is 5.11. The molecule has 0 aromatic heterocycles. The van der Waals surface area contributed by atoms with E-state index in [4.69, 9.17) is 4.18 Å². The first-order valence-electron chi connectivity index (χ1n) is 9.18. The Bertz CT molecular complexity index is 945. The molecule has 28 heavy (non-hydrogen) atoms. The lowest BCUT2D eigenvalue weighted by atomic mass is 9.82. The Labute approximate surface area is 164 Å². The van der Waals surface area contributed by atoms with Gasteiger partial charge in [-0.25, -0.2) is 9.18 Å². The van der Waals surface area contributed by atoms with Crippen LogP contribution in [0, 0.1) is 12.7 Å². The average Bonchev–Trinajstić information content (AvgIpc) is 2.68. The van der Waals surface area contributed by atoms with Crippen LogP contribution < -0.4 is 0 Å². The number of carbonyl (C=O) groups is 1. The van der Waals surface area contributed by atoms with E-state index in [0.29, 0.717) is 31.2 Å². The molecule has 1 aliphatic rings. The minimum atomic E-state index is -3.81. The van der Waals surface area contributed by atoms with Crippen molar-refractivity contribution < 1.29 is 26.5 Å². The van der Waals surface area contributed by atoms with Gasteiger partial charge < -0.3 is 4.74 Å². The van der Waals surface area contributed by atoms with Crippen LogP contribution in [0.4, 0.5) is 4.39 Å². The molecule has 0 heterocycles. The van der Waals surface area contributed by atoms with E-state index in [0.717, 1.165) is 5.56 Å². The van der Waals surface area contributed by atoms with Gasteiger partial charge in [-0.1, -0.05) is 23.8 Å².